The van der Waals surface area contributed by atoms with Gasteiger partial charge in [0.05, 0.1) is 0 Å². The summed E-state index contributed by atoms with van der Waals surface area (Å²) in [6.07, 6.45) is 0. The summed E-state index contributed by atoms with van der Waals surface area (Å²) in [4.78, 5) is 16.1. The maximum absolute atomic E-state index is 5.37. The van der Waals surface area contributed by atoms with E-state index in [1.54, 1.807) is 0 Å². The minimum absolute atomic E-state index is 0.614. The molecular formula is C57H37N3S. The summed E-state index contributed by atoms with van der Waals surface area (Å²) in [6.45, 7) is 0. The number of fused-ring (bicyclic) bond motifs is 3. The van der Waals surface area contributed by atoms with Gasteiger partial charge in [-0.3, -0.25) is 0 Å². The second-order valence-electron chi connectivity index (χ2n) is 15.2. The fraction of sp³-hybridized carbons (Fsp3) is 0. The van der Waals surface area contributed by atoms with Gasteiger partial charge in [-0.1, -0.05) is 170 Å². The van der Waals surface area contributed by atoms with Gasteiger partial charge in [0.15, 0.2) is 17.5 Å². The summed E-state index contributed by atoms with van der Waals surface area (Å²) >= 11 is 1.83. The second kappa shape index (κ2) is 15.8. The van der Waals surface area contributed by atoms with E-state index in [2.05, 4.69) is 224 Å². The molecule has 0 saturated carbocycles. The average Bonchev–Trinajstić information content (AvgIpc) is 3.73. The predicted octanol–water partition coefficient (Wildman–Crippen LogP) is 15.6. The molecule has 0 saturated heterocycles. The van der Waals surface area contributed by atoms with Gasteiger partial charge in [0, 0.05) is 36.9 Å². The number of thiophene rings is 1. The highest BCUT2D eigenvalue weighted by Gasteiger charge is 2.18. The zero-order chi connectivity index (χ0) is 40.5. The molecule has 3 nitrogen and oxygen atoms in total. The zero-order valence-electron chi connectivity index (χ0n) is 33.1. The fourth-order valence-corrected chi connectivity index (χ4v) is 9.47. The monoisotopic (exact) mass is 795 g/mol. The topological polar surface area (TPSA) is 38.7 Å². The number of hydrogen-bond acceptors (Lipinski definition) is 4. The van der Waals surface area contributed by atoms with Crippen LogP contribution in [0.25, 0.3) is 110 Å². The fourth-order valence-electron chi connectivity index (χ4n) is 8.25. The molecule has 2 heterocycles. The van der Waals surface area contributed by atoms with Crippen molar-refractivity contribution in [2.75, 3.05) is 0 Å². The van der Waals surface area contributed by atoms with Crippen molar-refractivity contribution in [2.45, 2.75) is 0 Å². The van der Waals surface area contributed by atoms with Crippen LogP contribution in [0.4, 0.5) is 0 Å². The van der Waals surface area contributed by atoms with Gasteiger partial charge in [-0.05, 0) is 110 Å². The van der Waals surface area contributed by atoms with Crippen molar-refractivity contribution in [1.82, 2.24) is 15.0 Å². The molecule has 11 aromatic rings. The molecule has 0 N–H and O–H groups in total. The molecule has 0 aliphatic rings. The molecule has 61 heavy (non-hydrogen) atoms. The van der Waals surface area contributed by atoms with Crippen molar-refractivity contribution in [1.29, 1.82) is 0 Å². The summed E-state index contributed by atoms with van der Waals surface area (Å²) in [6, 6.07) is 79.4. The molecule has 286 valence electrons. The Morgan fingerprint density at radius 3 is 1.05 bits per heavy atom. The number of rotatable bonds is 8. The average molecular weight is 796 g/mol. The van der Waals surface area contributed by atoms with E-state index < -0.39 is 0 Å². The lowest BCUT2D eigenvalue weighted by atomic mass is 9.95. The van der Waals surface area contributed by atoms with Crippen LogP contribution in [0.5, 0.6) is 0 Å². The number of nitrogens with zero attached hydrogens (tertiary/aromatic N) is 3. The van der Waals surface area contributed by atoms with E-state index >= 15 is 0 Å². The molecule has 0 unspecified atom stereocenters. The van der Waals surface area contributed by atoms with Gasteiger partial charge in [-0.25, -0.2) is 15.0 Å². The first-order valence-corrected chi connectivity index (χ1v) is 21.3. The van der Waals surface area contributed by atoms with Crippen LogP contribution in [0.2, 0.25) is 0 Å². The van der Waals surface area contributed by atoms with E-state index in [1.165, 1.54) is 31.3 Å². The molecule has 0 aliphatic heterocycles. The first-order valence-electron chi connectivity index (χ1n) is 20.5. The van der Waals surface area contributed by atoms with Gasteiger partial charge in [0.1, 0.15) is 0 Å². The first kappa shape index (κ1) is 36.3. The van der Waals surface area contributed by atoms with Crippen molar-refractivity contribution < 1.29 is 0 Å². The van der Waals surface area contributed by atoms with E-state index in [0.29, 0.717) is 17.5 Å². The van der Waals surface area contributed by atoms with Crippen LogP contribution in [0.1, 0.15) is 0 Å². The summed E-state index contributed by atoms with van der Waals surface area (Å²) in [5, 5.41) is 2.41. The van der Waals surface area contributed by atoms with Gasteiger partial charge in [0.2, 0.25) is 0 Å². The first-order chi connectivity index (χ1) is 30.2. The summed E-state index contributed by atoms with van der Waals surface area (Å²) in [5.74, 6) is 1.85. The Morgan fingerprint density at radius 2 is 0.623 bits per heavy atom. The third-order valence-corrected chi connectivity index (χ3v) is 12.5. The highest BCUT2D eigenvalue weighted by Crippen LogP contribution is 2.42. The van der Waals surface area contributed by atoms with Crippen LogP contribution in [-0.4, -0.2) is 15.0 Å². The van der Waals surface area contributed by atoms with Crippen molar-refractivity contribution in [3.05, 3.63) is 224 Å². The molecule has 2 aromatic heterocycles. The van der Waals surface area contributed by atoms with Gasteiger partial charge < -0.3 is 0 Å². The lowest BCUT2D eigenvalue weighted by Gasteiger charge is -2.14. The minimum Gasteiger partial charge on any atom is -0.208 e. The standard InChI is InChI=1S/C57H37N3S/c1-6-17-38(18-7-1)44-31-45(39-19-8-2-9-20-39)34-48(33-44)56-58-55(43-29-30-53-52(37-43)51-28-16-27-50(54(51)61-53)42-25-14-5-15-26-42)59-57(60-56)49-35-46(40-21-10-3-11-22-40)32-47(36-49)41-23-12-4-13-24-41/h1-37H. The van der Waals surface area contributed by atoms with Gasteiger partial charge in [-0.15, -0.1) is 11.3 Å². The van der Waals surface area contributed by atoms with Crippen molar-refractivity contribution in [3.8, 4) is 89.8 Å². The molecule has 0 fully saturated rings. The van der Waals surface area contributed by atoms with Crippen LogP contribution in [0.15, 0.2) is 224 Å². The molecule has 0 bridgehead atoms. The zero-order valence-corrected chi connectivity index (χ0v) is 33.9. The molecule has 9 aromatic carbocycles. The lowest BCUT2D eigenvalue weighted by molar-refractivity contribution is 1.07. The Labute approximate surface area is 359 Å². The molecule has 0 atom stereocenters. The number of aromatic nitrogens is 3. The Morgan fingerprint density at radius 1 is 0.246 bits per heavy atom. The van der Waals surface area contributed by atoms with Gasteiger partial charge >= 0.3 is 0 Å². The molecular weight excluding hydrogens is 759 g/mol. The smallest absolute Gasteiger partial charge is 0.164 e. The SMILES string of the molecule is c1ccc(-c2cc(-c3ccccc3)cc(-c3nc(-c4cc(-c5ccccc5)cc(-c5ccccc5)c4)nc(-c4ccc5sc6c(-c7ccccc7)cccc6c5c4)n3)c2)cc1. The molecule has 0 aliphatic carbocycles. The highest BCUT2D eigenvalue weighted by molar-refractivity contribution is 7.26. The Hall–Kier alpha value is -7.79. The molecule has 0 radical (unpaired) electrons. The quantitative estimate of drug-likeness (QED) is 0.154. The van der Waals surface area contributed by atoms with Crippen molar-refractivity contribution in [2.24, 2.45) is 0 Å². The number of benzene rings is 9. The molecule has 4 heteroatoms. The second-order valence-corrected chi connectivity index (χ2v) is 16.3. The summed E-state index contributed by atoms with van der Waals surface area (Å²) < 4.78 is 2.50. The number of hydrogen-bond donors (Lipinski definition) is 0. The third kappa shape index (κ3) is 7.20. The summed E-state index contributed by atoms with van der Waals surface area (Å²) in [5.41, 5.74) is 14.1. The normalized spacial score (nSPS) is 11.3. The summed E-state index contributed by atoms with van der Waals surface area (Å²) in [7, 11) is 0. The van der Waals surface area contributed by atoms with Gasteiger partial charge in [0.25, 0.3) is 0 Å². The molecule has 0 spiro atoms. The Bertz CT molecular complexity index is 3070. The van der Waals surface area contributed by atoms with Crippen molar-refractivity contribution >= 4 is 31.5 Å². The molecule has 0 amide bonds. The van der Waals surface area contributed by atoms with E-state index in [4.69, 9.17) is 15.0 Å². The highest BCUT2D eigenvalue weighted by atomic mass is 32.1. The van der Waals surface area contributed by atoms with Crippen LogP contribution in [-0.2, 0) is 0 Å². The van der Waals surface area contributed by atoms with E-state index in [0.717, 1.165) is 61.2 Å². The maximum Gasteiger partial charge on any atom is 0.164 e. The molecule has 11 rings (SSSR count). The van der Waals surface area contributed by atoms with Crippen LogP contribution >= 0.6 is 11.3 Å². The third-order valence-electron chi connectivity index (χ3n) is 11.3. The lowest BCUT2D eigenvalue weighted by Crippen LogP contribution is -2.01. The van der Waals surface area contributed by atoms with E-state index in [1.807, 2.05) is 11.3 Å². The van der Waals surface area contributed by atoms with Crippen LogP contribution < -0.4 is 0 Å². The Kier molecular flexibility index (Phi) is 9.38. The van der Waals surface area contributed by atoms with E-state index in [-0.39, 0.29) is 0 Å². The van der Waals surface area contributed by atoms with Gasteiger partial charge in [-0.2, -0.15) is 0 Å². The predicted molar refractivity (Wildman–Crippen MR) is 256 cm³/mol. The van der Waals surface area contributed by atoms with Crippen molar-refractivity contribution in [3.63, 3.8) is 0 Å². The minimum atomic E-state index is 0.614. The Balaban J connectivity index is 1.15. The van der Waals surface area contributed by atoms with Crippen LogP contribution in [0, 0.1) is 0 Å². The van der Waals surface area contributed by atoms with E-state index in [9.17, 15) is 0 Å². The maximum atomic E-state index is 5.37. The van der Waals surface area contributed by atoms with Crippen LogP contribution in [0.3, 0.4) is 0 Å². The largest absolute Gasteiger partial charge is 0.208 e.